The third-order valence-electron chi connectivity index (χ3n) is 4.84. The van der Waals surface area contributed by atoms with Crippen molar-refractivity contribution in [1.82, 2.24) is 25.5 Å². The number of anilines is 1. The number of hydrogen-bond acceptors (Lipinski definition) is 8. The molecule has 0 radical (unpaired) electrons. The van der Waals surface area contributed by atoms with Crippen molar-refractivity contribution in [2.75, 3.05) is 24.5 Å². The molecule has 7 nitrogen and oxygen atoms in total. The molecule has 1 atom stereocenters. The van der Waals surface area contributed by atoms with Crippen LogP contribution in [0.2, 0.25) is 4.34 Å². The van der Waals surface area contributed by atoms with Crippen molar-refractivity contribution in [3.63, 3.8) is 0 Å². The molecule has 0 aliphatic carbocycles. The van der Waals surface area contributed by atoms with Gasteiger partial charge < -0.3 is 15.3 Å². The molecular formula is C19H21ClN6OS. The first-order chi connectivity index (χ1) is 13.5. The normalized spacial score (nSPS) is 17.3. The highest BCUT2D eigenvalue weighted by molar-refractivity contribution is 7.18. The van der Waals surface area contributed by atoms with E-state index in [2.05, 4.69) is 44.2 Å². The van der Waals surface area contributed by atoms with Crippen molar-refractivity contribution in [3.05, 3.63) is 34.9 Å². The van der Waals surface area contributed by atoms with Gasteiger partial charge in [-0.25, -0.2) is 9.97 Å². The van der Waals surface area contributed by atoms with E-state index in [1.807, 2.05) is 6.07 Å². The van der Waals surface area contributed by atoms with Crippen LogP contribution in [0.25, 0.3) is 21.8 Å². The largest absolute Gasteiger partial charge is 0.507 e. The van der Waals surface area contributed by atoms with E-state index in [0.29, 0.717) is 33.5 Å². The number of benzene rings is 1. The Hall–Kier alpha value is -2.29. The first kappa shape index (κ1) is 19.0. The summed E-state index contributed by atoms with van der Waals surface area (Å²) < 4.78 is 0.608. The number of rotatable bonds is 4. The van der Waals surface area contributed by atoms with Crippen LogP contribution in [0.5, 0.6) is 5.75 Å². The summed E-state index contributed by atoms with van der Waals surface area (Å²) in [6.45, 7) is 7.01. The quantitative estimate of drug-likeness (QED) is 0.673. The molecule has 1 unspecified atom stereocenters. The molecule has 9 heteroatoms. The van der Waals surface area contributed by atoms with E-state index in [1.54, 1.807) is 24.5 Å². The SMILES string of the molecule is CC(C)C1CN(c2ncc(-c3ccc(-c4ncc(Cl)s4)cc3O)nn2)CCN1. The number of aromatic hydroxyl groups is 1. The molecule has 2 aromatic heterocycles. The van der Waals surface area contributed by atoms with Crippen molar-refractivity contribution in [2.24, 2.45) is 5.92 Å². The zero-order valence-electron chi connectivity index (χ0n) is 15.6. The Balaban J connectivity index is 1.54. The number of nitrogens with zero attached hydrogens (tertiary/aromatic N) is 5. The molecule has 4 rings (SSSR count). The van der Waals surface area contributed by atoms with Gasteiger partial charge in [0.15, 0.2) is 0 Å². The van der Waals surface area contributed by atoms with Crippen LogP contribution < -0.4 is 10.2 Å². The third kappa shape index (κ3) is 3.94. The number of halogens is 1. The summed E-state index contributed by atoms with van der Waals surface area (Å²) in [6.07, 6.45) is 3.25. The second-order valence-electron chi connectivity index (χ2n) is 7.10. The standard InChI is InChI=1S/C19H21ClN6OS/c1-11(2)15-10-26(6-5-21-15)19-23-8-14(24-25-19)13-4-3-12(7-16(13)27)18-22-9-17(20)28-18/h3-4,7-9,11,15,21,27H,5-6,10H2,1-2H3. The smallest absolute Gasteiger partial charge is 0.245 e. The monoisotopic (exact) mass is 416 g/mol. The molecule has 0 amide bonds. The van der Waals surface area contributed by atoms with Crippen LogP contribution in [0.1, 0.15) is 13.8 Å². The van der Waals surface area contributed by atoms with Crippen LogP contribution in [-0.4, -0.2) is 50.9 Å². The van der Waals surface area contributed by atoms with Crippen molar-refractivity contribution < 1.29 is 5.11 Å². The molecule has 1 saturated heterocycles. The molecule has 3 heterocycles. The molecule has 0 bridgehead atoms. The molecule has 1 aliphatic rings. The Labute approximate surface area is 172 Å². The second-order valence-corrected chi connectivity index (χ2v) is 8.76. The van der Waals surface area contributed by atoms with E-state index in [-0.39, 0.29) is 5.75 Å². The van der Waals surface area contributed by atoms with Gasteiger partial charge in [-0.2, -0.15) is 0 Å². The van der Waals surface area contributed by atoms with Gasteiger partial charge >= 0.3 is 0 Å². The Morgan fingerprint density at radius 2 is 2.11 bits per heavy atom. The van der Waals surface area contributed by atoms with Gasteiger partial charge in [-0.3, -0.25) is 0 Å². The van der Waals surface area contributed by atoms with E-state index in [1.165, 1.54) is 11.3 Å². The molecule has 3 aromatic rings. The minimum atomic E-state index is 0.106. The summed E-state index contributed by atoms with van der Waals surface area (Å²) in [4.78, 5) is 10.9. The summed E-state index contributed by atoms with van der Waals surface area (Å²) >= 11 is 7.30. The summed E-state index contributed by atoms with van der Waals surface area (Å²) in [6, 6.07) is 5.74. The van der Waals surface area contributed by atoms with E-state index in [9.17, 15) is 5.11 Å². The lowest BCUT2D eigenvalue weighted by atomic mass is 10.0. The van der Waals surface area contributed by atoms with Crippen LogP contribution in [0, 0.1) is 5.92 Å². The summed E-state index contributed by atoms with van der Waals surface area (Å²) in [7, 11) is 0. The van der Waals surface area contributed by atoms with Crippen molar-refractivity contribution in [2.45, 2.75) is 19.9 Å². The van der Waals surface area contributed by atoms with Crippen molar-refractivity contribution >= 4 is 28.9 Å². The van der Waals surface area contributed by atoms with Gasteiger partial charge in [0.1, 0.15) is 20.8 Å². The number of phenolic OH excluding ortho intramolecular Hbond substituents is 1. The molecule has 1 fully saturated rings. The van der Waals surface area contributed by atoms with Gasteiger partial charge in [0.05, 0.1) is 12.4 Å². The van der Waals surface area contributed by atoms with Gasteiger partial charge in [-0.05, 0) is 18.1 Å². The Morgan fingerprint density at radius 1 is 1.25 bits per heavy atom. The van der Waals surface area contributed by atoms with Crippen molar-refractivity contribution in [1.29, 1.82) is 0 Å². The fourth-order valence-corrected chi connectivity index (χ4v) is 4.12. The first-order valence-electron chi connectivity index (χ1n) is 9.14. The Kier molecular flexibility index (Phi) is 5.43. The van der Waals surface area contributed by atoms with Gasteiger partial charge in [-0.1, -0.05) is 31.5 Å². The van der Waals surface area contributed by atoms with E-state index in [4.69, 9.17) is 11.6 Å². The lowest BCUT2D eigenvalue weighted by molar-refractivity contribution is 0.365. The number of piperazine rings is 1. The molecule has 2 N–H and O–H groups in total. The predicted molar refractivity (Wildman–Crippen MR) is 112 cm³/mol. The molecule has 0 saturated carbocycles. The topological polar surface area (TPSA) is 87.1 Å². The minimum absolute atomic E-state index is 0.106. The molecule has 0 spiro atoms. The Morgan fingerprint density at radius 3 is 2.75 bits per heavy atom. The zero-order valence-corrected chi connectivity index (χ0v) is 17.2. The van der Waals surface area contributed by atoms with Crippen LogP contribution in [0.15, 0.2) is 30.6 Å². The average molecular weight is 417 g/mol. The number of hydrogen-bond donors (Lipinski definition) is 2. The van der Waals surface area contributed by atoms with Crippen LogP contribution >= 0.6 is 22.9 Å². The first-order valence-corrected chi connectivity index (χ1v) is 10.3. The maximum absolute atomic E-state index is 10.5. The average Bonchev–Trinajstić information content (AvgIpc) is 3.14. The minimum Gasteiger partial charge on any atom is -0.507 e. The second kappa shape index (κ2) is 7.98. The van der Waals surface area contributed by atoms with Crippen LogP contribution in [0.4, 0.5) is 5.95 Å². The molecule has 28 heavy (non-hydrogen) atoms. The van der Waals surface area contributed by atoms with E-state index in [0.717, 1.165) is 30.2 Å². The van der Waals surface area contributed by atoms with Gasteiger partial charge in [0.2, 0.25) is 5.95 Å². The zero-order chi connectivity index (χ0) is 19.7. The third-order valence-corrected chi connectivity index (χ3v) is 6.00. The van der Waals surface area contributed by atoms with Gasteiger partial charge in [0.25, 0.3) is 0 Å². The lowest BCUT2D eigenvalue weighted by Crippen LogP contribution is -2.53. The number of aromatic nitrogens is 4. The lowest BCUT2D eigenvalue weighted by Gasteiger charge is -2.35. The number of nitrogens with one attached hydrogen (secondary N) is 1. The molecule has 146 valence electrons. The highest BCUT2D eigenvalue weighted by Gasteiger charge is 2.23. The Bertz CT molecular complexity index is 961. The van der Waals surface area contributed by atoms with E-state index < -0.39 is 0 Å². The van der Waals surface area contributed by atoms with E-state index >= 15 is 0 Å². The summed E-state index contributed by atoms with van der Waals surface area (Å²) in [5.41, 5.74) is 1.91. The van der Waals surface area contributed by atoms with Crippen LogP contribution in [-0.2, 0) is 0 Å². The predicted octanol–water partition coefficient (Wildman–Crippen LogP) is 3.46. The summed E-state index contributed by atoms with van der Waals surface area (Å²) in [5.74, 6) is 1.26. The fourth-order valence-electron chi connectivity index (χ4n) is 3.21. The number of phenols is 1. The highest BCUT2D eigenvalue weighted by atomic mass is 35.5. The maximum Gasteiger partial charge on any atom is 0.245 e. The maximum atomic E-state index is 10.5. The fraction of sp³-hybridized carbons (Fsp3) is 0.368. The van der Waals surface area contributed by atoms with Crippen molar-refractivity contribution in [3.8, 4) is 27.6 Å². The molecular weight excluding hydrogens is 396 g/mol. The number of thiazole rings is 1. The van der Waals surface area contributed by atoms with Gasteiger partial charge in [0, 0.05) is 36.8 Å². The highest BCUT2D eigenvalue weighted by Crippen LogP contribution is 2.34. The molecule has 1 aliphatic heterocycles. The van der Waals surface area contributed by atoms with Gasteiger partial charge in [-0.15, -0.1) is 21.5 Å². The molecule has 1 aromatic carbocycles. The summed E-state index contributed by atoms with van der Waals surface area (Å²) in [5, 5.41) is 23.3. The van der Waals surface area contributed by atoms with Crippen LogP contribution in [0.3, 0.4) is 0 Å².